The van der Waals surface area contributed by atoms with Crippen molar-refractivity contribution >= 4 is 28.2 Å². The second-order valence-corrected chi connectivity index (χ2v) is 8.94. The normalized spacial score (nSPS) is 21.0. The molecule has 1 fully saturated rings. The summed E-state index contributed by atoms with van der Waals surface area (Å²) < 4.78 is 5.47. The van der Waals surface area contributed by atoms with Crippen LogP contribution >= 0.6 is 11.3 Å². The molecule has 1 atom stereocenters. The molecule has 0 aromatic carbocycles. The molecule has 0 aliphatic heterocycles. The number of thiophene rings is 1. The molecule has 3 rings (SSSR count). The predicted octanol–water partition coefficient (Wildman–Crippen LogP) is 4.96. The molecule has 0 bridgehead atoms. The first-order valence-electron chi connectivity index (χ1n) is 9.62. The number of anilines is 1. The number of carbonyl (C=O) groups is 2. The van der Waals surface area contributed by atoms with Crippen LogP contribution in [0.1, 0.15) is 80.1 Å². The van der Waals surface area contributed by atoms with E-state index in [0.717, 1.165) is 50.5 Å². The smallest absolute Gasteiger partial charge is 0.341 e. The van der Waals surface area contributed by atoms with E-state index in [2.05, 4.69) is 12.2 Å². The Balaban J connectivity index is 1.86. The van der Waals surface area contributed by atoms with Crippen LogP contribution in [0, 0.1) is 11.8 Å². The lowest BCUT2D eigenvalue weighted by Gasteiger charge is -2.21. The third-order valence-corrected chi connectivity index (χ3v) is 6.44. The van der Waals surface area contributed by atoms with Crippen molar-refractivity contribution in [3.8, 4) is 0 Å². The van der Waals surface area contributed by atoms with Crippen LogP contribution in [0.5, 0.6) is 0 Å². The molecule has 2 aliphatic carbocycles. The number of carbonyl (C=O) groups excluding carboxylic acids is 2. The molecule has 2 aliphatic rings. The van der Waals surface area contributed by atoms with E-state index >= 15 is 0 Å². The number of esters is 1. The van der Waals surface area contributed by atoms with Gasteiger partial charge in [0.1, 0.15) is 5.00 Å². The molecule has 1 unspecified atom stereocenters. The van der Waals surface area contributed by atoms with Gasteiger partial charge in [0.15, 0.2) is 0 Å². The highest BCUT2D eigenvalue weighted by atomic mass is 32.1. The molecule has 1 saturated carbocycles. The van der Waals surface area contributed by atoms with Crippen molar-refractivity contribution in [1.82, 2.24) is 0 Å². The Morgan fingerprint density at radius 1 is 1.16 bits per heavy atom. The zero-order valence-corrected chi connectivity index (χ0v) is 16.3. The van der Waals surface area contributed by atoms with E-state index in [-0.39, 0.29) is 23.9 Å². The molecule has 4 nitrogen and oxygen atoms in total. The molecule has 1 amide bonds. The van der Waals surface area contributed by atoms with E-state index < -0.39 is 0 Å². The predicted molar refractivity (Wildman–Crippen MR) is 101 cm³/mol. The van der Waals surface area contributed by atoms with Gasteiger partial charge in [0, 0.05) is 10.8 Å². The summed E-state index contributed by atoms with van der Waals surface area (Å²) in [4.78, 5) is 26.6. The van der Waals surface area contributed by atoms with Crippen molar-refractivity contribution in [2.24, 2.45) is 11.8 Å². The second-order valence-electron chi connectivity index (χ2n) is 7.83. The summed E-state index contributed by atoms with van der Waals surface area (Å²) in [5, 5.41) is 3.79. The fraction of sp³-hybridized carbons (Fsp3) is 0.700. The van der Waals surface area contributed by atoms with Gasteiger partial charge in [-0.1, -0.05) is 26.2 Å². The SMILES string of the molecule is CC1CCc2c(sc(NC(=O)C3CCCCC3)c2C(=O)OC(C)C)C1. The van der Waals surface area contributed by atoms with Crippen molar-refractivity contribution in [1.29, 1.82) is 0 Å². The Morgan fingerprint density at radius 2 is 1.88 bits per heavy atom. The number of fused-ring (bicyclic) bond motifs is 1. The van der Waals surface area contributed by atoms with Crippen molar-refractivity contribution in [3.05, 3.63) is 16.0 Å². The third kappa shape index (κ3) is 4.25. The zero-order valence-electron chi connectivity index (χ0n) is 15.5. The topological polar surface area (TPSA) is 55.4 Å². The second kappa shape index (κ2) is 7.90. The van der Waals surface area contributed by atoms with Gasteiger partial charge in [-0.2, -0.15) is 0 Å². The lowest BCUT2D eigenvalue weighted by atomic mass is 9.88. The van der Waals surface area contributed by atoms with Crippen LogP contribution in [-0.2, 0) is 22.4 Å². The van der Waals surface area contributed by atoms with Crippen LogP contribution < -0.4 is 5.32 Å². The fourth-order valence-corrected chi connectivity index (χ4v) is 5.31. The van der Waals surface area contributed by atoms with E-state index in [4.69, 9.17) is 4.74 Å². The molecule has 0 saturated heterocycles. The highest BCUT2D eigenvalue weighted by molar-refractivity contribution is 7.17. The summed E-state index contributed by atoms with van der Waals surface area (Å²) in [7, 11) is 0. The van der Waals surface area contributed by atoms with Crippen LogP contribution in [-0.4, -0.2) is 18.0 Å². The fourth-order valence-electron chi connectivity index (χ4n) is 3.91. The van der Waals surface area contributed by atoms with Gasteiger partial charge < -0.3 is 10.1 Å². The van der Waals surface area contributed by atoms with E-state index in [1.807, 2.05) is 13.8 Å². The average molecular weight is 364 g/mol. The van der Waals surface area contributed by atoms with Gasteiger partial charge in [-0.25, -0.2) is 4.79 Å². The van der Waals surface area contributed by atoms with Crippen LogP contribution in [0.15, 0.2) is 0 Å². The van der Waals surface area contributed by atoms with Crippen molar-refractivity contribution in [2.75, 3.05) is 5.32 Å². The van der Waals surface area contributed by atoms with Gasteiger partial charge in [0.2, 0.25) is 5.91 Å². The maximum Gasteiger partial charge on any atom is 0.341 e. The standard InChI is InChI=1S/C20H29NO3S/c1-12(2)24-20(23)17-15-10-9-13(3)11-16(15)25-19(17)21-18(22)14-7-5-4-6-8-14/h12-14H,4-11H2,1-3H3,(H,21,22). The van der Waals surface area contributed by atoms with Gasteiger partial charge in [-0.3, -0.25) is 4.79 Å². The number of rotatable bonds is 4. The first kappa shape index (κ1) is 18.4. The minimum Gasteiger partial charge on any atom is -0.459 e. The molecule has 1 heterocycles. The molecule has 1 aromatic heterocycles. The maximum absolute atomic E-state index is 12.7. The number of ether oxygens (including phenoxy) is 1. The van der Waals surface area contributed by atoms with Gasteiger partial charge in [-0.15, -0.1) is 11.3 Å². The summed E-state index contributed by atoms with van der Waals surface area (Å²) in [6.07, 6.45) is 8.20. The van der Waals surface area contributed by atoms with Crippen molar-refractivity contribution < 1.29 is 14.3 Å². The average Bonchev–Trinajstić information content (AvgIpc) is 2.91. The molecule has 138 valence electrons. The van der Waals surface area contributed by atoms with Crippen LogP contribution in [0.3, 0.4) is 0 Å². The van der Waals surface area contributed by atoms with Gasteiger partial charge in [0.05, 0.1) is 11.7 Å². The quantitative estimate of drug-likeness (QED) is 0.770. The lowest BCUT2D eigenvalue weighted by molar-refractivity contribution is -0.120. The van der Waals surface area contributed by atoms with Gasteiger partial charge in [-0.05, 0) is 57.4 Å². The van der Waals surface area contributed by atoms with Crippen LogP contribution in [0.4, 0.5) is 5.00 Å². The van der Waals surface area contributed by atoms with Crippen LogP contribution in [0.25, 0.3) is 0 Å². The largest absolute Gasteiger partial charge is 0.459 e. The summed E-state index contributed by atoms with van der Waals surface area (Å²) in [5.74, 6) is 0.494. The molecule has 1 aromatic rings. The summed E-state index contributed by atoms with van der Waals surface area (Å²) in [6.45, 7) is 5.97. The zero-order chi connectivity index (χ0) is 18.0. The van der Waals surface area contributed by atoms with Crippen molar-refractivity contribution in [2.45, 2.75) is 78.2 Å². The van der Waals surface area contributed by atoms with Gasteiger partial charge >= 0.3 is 5.97 Å². The Morgan fingerprint density at radius 3 is 2.56 bits per heavy atom. The van der Waals surface area contributed by atoms with E-state index in [1.54, 1.807) is 11.3 Å². The summed E-state index contributed by atoms with van der Waals surface area (Å²) >= 11 is 1.58. The number of nitrogens with one attached hydrogen (secondary N) is 1. The summed E-state index contributed by atoms with van der Waals surface area (Å²) in [6, 6.07) is 0. The first-order valence-corrected chi connectivity index (χ1v) is 10.4. The molecule has 0 spiro atoms. The van der Waals surface area contributed by atoms with E-state index in [0.29, 0.717) is 16.5 Å². The monoisotopic (exact) mass is 363 g/mol. The molecule has 1 N–H and O–H groups in total. The summed E-state index contributed by atoms with van der Waals surface area (Å²) in [5.41, 5.74) is 1.72. The minimum atomic E-state index is -0.291. The lowest BCUT2D eigenvalue weighted by Crippen LogP contribution is -2.25. The van der Waals surface area contributed by atoms with Gasteiger partial charge in [0.25, 0.3) is 0 Å². The molecule has 0 radical (unpaired) electrons. The van der Waals surface area contributed by atoms with E-state index in [9.17, 15) is 9.59 Å². The Bertz CT molecular complexity index is 644. The number of hydrogen-bond acceptors (Lipinski definition) is 4. The Labute approximate surface area is 154 Å². The highest BCUT2D eigenvalue weighted by Crippen LogP contribution is 2.40. The highest BCUT2D eigenvalue weighted by Gasteiger charge is 2.31. The Kier molecular flexibility index (Phi) is 5.82. The Hall–Kier alpha value is -1.36. The number of hydrogen-bond donors (Lipinski definition) is 1. The van der Waals surface area contributed by atoms with Crippen molar-refractivity contribution in [3.63, 3.8) is 0 Å². The first-order chi connectivity index (χ1) is 12.0. The minimum absolute atomic E-state index is 0.0740. The van der Waals surface area contributed by atoms with Crippen LogP contribution in [0.2, 0.25) is 0 Å². The molecular formula is C20H29NO3S. The van der Waals surface area contributed by atoms with E-state index in [1.165, 1.54) is 11.3 Å². The third-order valence-electron chi connectivity index (χ3n) is 5.27. The number of amides is 1. The maximum atomic E-state index is 12.7. The molecule has 25 heavy (non-hydrogen) atoms. The molecule has 5 heteroatoms. The molecular weight excluding hydrogens is 334 g/mol.